The minimum atomic E-state index is -0.267. The summed E-state index contributed by atoms with van der Waals surface area (Å²) in [7, 11) is 0. The monoisotopic (exact) mass is 475 g/mol. The van der Waals surface area contributed by atoms with Crippen LogP contribution >= 0.6 is 23.2 Å². The van der Waals surface area contributed by atoms with E-state index in [4.69, 9.17) is 28.2 Å². The van der Waals surface area contributed by atoms with E-state index in [1.54, 1.807) is 0 Å². The van der Waals surface area contributed by atoms with Gasteiger partial charge in [0, 0.05) is 27.8 Å². The normalized spacial score (nSPS) is 11.1. The zero-order chi connectivity index (χ0) is 22.9. The molecule has 2 heterocycles. The Morgan fingerprint density at radius 3 is 2.06 bits per heavy atom. The van der Waals surface area contributed by atoms with Gasteiger partial charge in [0.1, 0.15) is 0 Å². The quantitative estimate of drug-likeness (QED) is 0.324. The van der Waals surface area contributed by atoms with Crippen molar-refractivity contribution in [1.82, 2.24) is 19.2 Å². The van der Waals surface area contributed by atoms with Crippen LogP contribution in [0.2, 0.25) is 10.0 Å². The standard InChI is InChI=1S/C25H19Cl2N5O/c1-2-31-25(33)32-23(30-31)21(16-8-12-18(26)13-9-16)22(17-10-14-19(27)15-11-17)29-24(32)28-20-6-4-3-5-7-20/h3-15H,2H2,1H3,(H,28,29). The van der Waals surface area contributed by atoms with Crippen molar-refractivity contribution >= 4 is 40.5 Å². The number of benzene rings is 3. The topological polar surface area (TPSA) is 64.2 Å². The van der Waals surface area contributed by atoms with Crippen LogP contribution in [-0.2, 0) is 6.54 Å². The fraction of sp³-hybridized carbons (Fsp3) is 0.0800. The number of nitrogens with one attached hydrogen (secondary N) is 1. The Bertz CT molecular complexity index is 1490. The predicted molar refractivity (Wildman–Crippen MR) is 134 cm³/mol. The molecular formula is C25H19Cl2N5O. The molecule has 5 rings (SSSR count). The summed E-state index contributed by atoms with van der Waals surface area (Å²) in [6, 6.07) is 24.5. The maximum atomic E-state index is 13.2. The molecule has 0 amide bonds. The number of hydrogen-bond donors (Lipinski definition) is 1. The SMILES string of the molecule is CCn1nc2c(-c3ccc(Cl)cc3)c(-c3ccc(Cl)cc3)nc(Nc3ccccc3)n2c1=O. The van der Waals surface area contributed by atoms with Gasteiger partial charge < -0.3 is 5.32 Å². The van der Waals surface area contributed by atoms with Crippen LogP contribution in [0.5, 0.6) is 0 Å². The molecule has 0 unspecified atom stereocenters. The van der Waals surface area contributed by atoms with Gasteiger partial charge in [-0.05, 0) is 48.9 Å². The Morgan fingerprint density at radius 2 is 1.45 bits per heavy atom. The lowest BCUT2D eigenvalue weighted by atomic mass is 10.00. The van der Waals surface area contributed by atoms with Gasteiger partial charge in [-0.3, -0.25) is 0 Å². The van der Waals surface area contributed by atoms with Gasteiger partial charge in [-0.1, -0.05) is 65.7 Å². The van der Waals surface area contributed by atoms with Crippen LogP contribution in [0, 0.1) is 0 Å². The third-order valence-corrected chi connectivity index (χ3v) is 5.81. The molecule has 2 aromatic heterocycles. The molecule has 5 aromatic rings. The molecule has 0 radical (unpaired) electrons. The number of aryl methyl sites for hydroxylation is 1. The van der Waals surface area contributed by atoms with Crippen molar-refractivity contribution < 1.29 is 0 Å². The molecule has 0 aliphatic rings. The minimum absolute atomic E-state index is 0.267. The van der Waals surface area contributed by atoms with Crippen LogP contribution in [-0.4, -0.2) is 19.2 Å². The molecule has 0 saturated carbocycles. The second-order valence-corrected chi connectivity index (χ2v) is 8.29. The molecule has 0 aliphatic carbocycles. The molecule has 0 spiro atoms. The molecule has 0 atom stereocenters. The van der Waals surface area contributed by atoms with E-state index in [1.165, 1.54) is 9.08 Å². The molecule has 6 nitrogen and oxygen atoms in total. The summed E-state index contributed by atoms with van der Waals surface area (Å²) < 4.78 is 2.94. The molecule has 0 saturated heterocycles. The lowest BCUT2D eigenvalue weighted by Crippen LogP contribution is -2.22. The second-order valence-electron chi connectivity index (χ2n) is 7.42. The summed E-state index contributed by atoms with van der Waals surface area (Å²) in [5.74, 6) is 0.378. The van der Waals surface area contributed by atoms with Crippen LogP contribution in [0.15, 0.2) is 83.7 Å². The molecule has 164 valence electrons. The molecular weight excluding hydrogens is 457 g/mol. The molecule has 33 heavy (non-hydrogen) atoms. The van der Waals surface area contributed by atoms with E-state index in [0.29, 0.717) is 33.9 Å². The Hall–Kier alpha value is -3.61. The van der Waals surface area contributed by atoms with Gasteiger partial charge in [-0.2, -0.15) is 0 Å². The number of hydrogen-bond acceptors (Lipinski definition) is 4. The maximum Gasteiger partial charge on any atom is 0.353 e. The number of aromatic nitrogens is 4. The summed E-state index contributed by atoms with van der Waals surface area (Å²) in [5.41, 5.74) is 4.15. The first-order valence-electron chi connectivity index (χ1n) is 10.4. The van der Waals surface area contributed by atoms with Crippen molar-refractivity contribution in [3.63, 3.8) is 0 Å². The summed E-state index contributed by atoms with van der Waals surface area (Å²) in [6.45, 7) is 2.31. The van der Waals surface area contributed by atoms with Gasteiger partial charge in [0.05, 0.1) is 11.3 Å². The third-order valence-electron chi connectivity index (χ3n) is 5.31. The number of nitrogens with zero attached hydrogens (tertiary/aromatic N) is 4. The molecule has 8 heteroatoms. The second kappa shape index (κ2) is 8.73. The number of fused-ring (bicyclic) bond motifs is 1. The van der Waals surface area contributed by atoms with Gasteiger partial charge in [-0.15, -0.1) is 5.10 Å². The van der Waals surface area contributed by atoms with Gasteiger partial charge in [0.25, 0.3) is 0 Å². The Labute approximate surface area is 200 Å². The Morgan fingerprint density at radius 1 is 0.848 bits per heavy atom. The van der Waals surface area contributed by atoms with Crippen molar-refractivity contribution in [2.45, 2.75) is 13.5 Å². The smallest absolute Gasteiger partial charge is 0.325 e. The van der Waals surface area contributed by atoms with E-state index in [1.807, 2.05) is 85.8 Å². The summed E-state index contributed by atoms with van der Waals surface area (Å²) in [6.07, 6.45) is 0. The van der Waals surface area contributed by atoms with E-state index < -0.39 is 0 Å². The zero-order valence-electron chi connectivity index (χ0n) is 17.7. The van der Waals surface area contributed by atoms with Crippen molar-refractivity contribution in [3.05, 3.63) is 99.4 Å². The fourth-order valence-electron chi connectivity index (χ4n) is 3.72. The summed E-state index contributed by atoms with van der Waals surface area (Å²) in [4.78, 5) is 18.2. The molecule has 1 N–H and O–H groups in total. The predicted octanol–water partition coefficient (Wildman–Crippen LogP) is 6.30. The fourth-order valence-corrected chi connectivity index (χ4v) is 3.97. The van der Waals surface area contributed by atoms with E-state index in [2.05, 4.69) is 10.4 Å². The highest BCUT2D eigenvalue weighted by molar-refractivity contribution is 6.31. The zero-order valence-corrected chi connectivity index (χ0v) is 19.2. The highest BCUT2D eigenvalue weighted by Gasteiger charge is 2.22. The highest BCUT2D eigenvalue weighted by atomic mass is 35.5. The summed E-state index contributed by atoms with van der Waals surface area (Å²) >= 11 is 12.3. The van der Waals surface area contributed by atoms with Crippen LogP contribution in [0.25, 0.3) is 28.0 Å². The van der Waals surface area contributed by atoms with Crippen LogP contribution < -0.4 is 11.0 Å². The molecule has 3 aromatic carbocycles. The average Bonchev–Trinajstić information content (AvgIpc) is 3.17. The number of rotatable bonds is 5. The average molecular weight is 476 g/mol. The van der Waals surface area contributed by atoms with Gasteiger partial charge in [0.2, 0.25) is 5.95 Å². The molecule has 0 aliphatic heterocycles. The van der Waals surface area contributed by atoms with E-state index >= 15 is 0 Å². The lowest BCUT2D eigenvalue weighted by molar-refractivity contribution is 0.634. The van der Waals surface area contributed by atoms with Gasteiger partial charge in [-0.25, -0.2) is 18.9 Å². The first kappa shape index (κ1) is 21.2. The van der Waals surface area contributed by atoms with Crippen molar-refractivity contribution in [1.29, 1.82) is 0 Å². The third kappa shape index (κ3) is 3.99. The molecule has 0 fully saturated rings. The Balaban J connectivity index is 1.87. The van der Waals surface area contributed by atoms with Crippen molar-refractivity contribution in [2.24, 2.45) is 0 Å². The summed E-state index contributed by atoms with van der Waals surface area (Å²) in [5, 5.41) is 9.20. The highest BCUT2D eigenvalue weighted by Crippen LogP contribution is 2.36. The van der Waals surface area contributed by atoms with E-state index in [9.17, 15) is 4.79 Å². The Kier molecular flexibility index (Phi) is 5.62. The first-order valence-corrected chi connectivity index (χ1v) is 11.2. The van der Waals surface area contributed by atoms with Gasteiger partial charge in [0.15, 0.2) is 5.65 Å². The van der Waals surface area contributed by atoms with Gasteiger partial charge >= 0.3 is 5.69 Å². The number of para-hydroxylation sites is 1. The lowest BCUT2D eigenvalue weighted by Gasteiger charge is -2.15. The number of halogens is 2. The van der Waals surface area contributed by atoms with Crippen LogP contribution in [0.1, 0.15) is 6.92 Å². The first-order chi connectivity index (χ1) is 16.0. The number of anilines is 2. The van der Waals surface area contributed by atoms with Crippen LogP contribution in [0.4, 0.5) is 11.6 Å². The molecule has 0 bridgehead atoms. The van der Waals surface area contributed by atoms with Crippen molar-refractivity contribution in [3.8, 4) is 22.4 Å². The van der Waals surface area contributed by atoms with E-state index in [0.717, 1.165) is 22.4 Å². The minimum Gasteiger partial charge on any atom is -0.325 e. The largest absolute Gasteiger partial charge is 0.353 e. The maximum absolute atomic E-state index is 13.2. The van der Waals surface area contributed by atoms with E-state index in [-0.39, 0.29) is 5.69 Å². The van der Waals surface area contributed by atoms with Crippen LogP contribution in [0.3, 0.4) is 0 Å². The van der Waals surface area contributed by atoms with Crippen molar-refractivity contribution in [2.75, 3.05) is 5.32 Å².